The second-order valence-electron chi connectivity index (χ2n) is 9.31. The summed E-state index contributed by atoms with van der Waals surface area (Å²) < 4.78 is 43.6. The minimum Gasteiger partial charge on any atom is -0.747 e. The van der Waals surface area contributed by atoms with Gasteiger partial charge in [0.25, 0.3) is 0 Å². The summed E-state index contributed by atoms with van der Waals surface area (Å²) in [6.45, 7) is 5.76. The topological polar surface area (TPSA) is 110 Å². The van der Waals surface area contributed by atoms with Gasteiger partial charge in [-0.3, -0.25) is 9.59 Å². The molecule has 0 aliphatic carbocycles. The van der Waals surface area contributed by atoms with E-state index in [1.54, 1.807) is 0 Å². The number of ether oxygens (including phenoxy) is 2. The average molecular weight is 541 g/mol. The van der Waals surface area contributed by atoms with E-state index in [0.29, 0.717) is 12.8 Å². The van der Waals surface area contributed by atoms with Crippen LogP contribution < -0.4 is 29.6 Å². The molecule has 0 heterocycles. The Balaban J connectivity index is 0. The van der Waals surface area contributed by atoms with Crippen molar-refractivity contribution in [2.45, 2.75) is 134 Å². The molecule has 0 aliphatic rings. The van der Waals surface area contributed by atoms with Crippen LogP contribution in [-0.4, -0.2) is 43.4 Å². The first-order valence-corrected chi connectivity index (χ1v) is 15.2. The normalized spacial score (nSPS) is 11.9. The summed E-state index contributed by atoms with van der Waals surface area (Å²) in [5.74, 6) is -2.11. The maximum Gasteiger partial charge on any atom is 1.00 e. The van der Waals surface area contributed by atoms with Crippen LogP contribution in [0.4, 0.5) is 0 Å². The molecular formula is C27H49NaO7S. The van der Waals surface area contributed by atoms with E-state index in [-0.39, 0.29) is 42.8 Å². The summed E-state index contributed by atoms with van der Waals surface area (Å²) >= 11 is 0. The third-order valence-corrected chi connectivity index (χ3v) is 7.10. The summed E-state index contributed by atoms with van der Waals surface area (Å²) in [6, 6.07) is 0. The van der Waals surface area contributed by atoms with E-state index in [1.807, 2.05) is 0 Å². The zero-order valence-electron chi connectivity index (χ0n) is 23.0. The molecule has 1 unspecified atom stereocenters. The largest absolute Gasteiger partial charge is 1.00 e. The molecule has 0 aliphatic heterocycles. The first-order chi connectivity index (χ1) is 16.8. The fourth-order valence-electron chi connectivity index (χ4n) is 3.86. The van der Waals surface area contributed by atoms with E-state index >= 15 is 0 Å². The molecule has 0 saturated carbocycles. The fourth-order valence-corrected chi connectivity index (χ4v) is 4.51. The Kier molecular flexibility index (Phi) is 27.5. The van der Waals surface area contributed by atoms with Gasteiger partial charge in [-0.1, -0.05) is 116 Å². The maximum atomic E-state index is 11.9. The van der Waals surface area contributed by atoms with Gasteiger partial charge in [0.2, 0.25) is 0 Å². The predicted molar refractivity (Wildman–Crippen MR) is 139 cm³/mol. The summed E-state index contributed by atoms with van der Waals surface area (Å²) in [5, 5.41) is -2.07. The number of hydrogen-bond donors (Lipinski definition) is 0. The van der Waals surface area contributed by atoms with Gasteiger partial charge in [0.05, 0.1) is 19.6 Å². The van der Waals surface area contributed by atoms with E-state index in [0.717, 1.165) is 19.3 Å². The third-order valence-electron chi connectivity index (χ3n) is 6.04. The molecule has 0 spiro atoms. The van der Waals surface area contributed by atoms with Crippen LogP contribution >= 0.6 is 0 Å². The zero-order chi connectivity index (χ0) is 26.2. The van der Waals surface area contributed by atoms with E-state index in [2.05, 4.69) is 13.5 Å². The number of esters is 2. The molecule has 0 saturated heterocycles. The first-order valence-electron chi connectivity index (χ1n) is 13.7. The molecule has 36 heavy (non-hydrogen) atoms. The van der Waals surface area contributed by atoms with Crippen LogP contribution in [-0.2, 0) is 29.2 Å². The van der Waals surface area contributed by atoms with Crippen LogP contribution in [0.5, 0.6) is 0 Å². The Labute approximate surface area is 242 Å². The summed E-state index contributed by atoms with van der Waals surface area (Å²) in [7, 11) is -5.01. The molecule has 0 amide bonds. The van der Waals surface area contributed by atoms with Gasteiger partial charge in [0, 0.05) is 0 Å². The third kappa shape index (κ3) is 24.0. The van der Waals surface area contributed by atoms with Gasteiger partial charge < -0.3 is 14.0 Å². The Morgan fingerprint density at radius 1 is 0.750 bits per heavy atom. The molecule has 0 rings (SSSR count). The fraction of sp³-hybridized carbons (Fsp3) is 0.852. The van der Waals surface area contributed by atoms with E-state index < -0.39 is 33.7 Å². The molecule has 1 atom stereocenters. The predicted octanol–water partition coefficient (Wildman–Crippen LogP) is 3.61. The number of rotatable bonds is 25. The van der Waals surface area contributed by atoms with E-state index in [4.69, 9.17) is 9.47 Å². The van der Waals surface area contributed by atoms with Crippen molar-refractivity contribution in [3.63, 3.8) is 0 Å². The van der Waals surface area contributed by atoms with Crippen molar-refractivity contribution in [3.8, 4) is 0 Å². The second-order valence-corrected chi connectivity index (χ2v) is 10.9. The summed E-state index contributed by atoms with van der Waals surface area (Å²) in [5.41, 5.74) is 0. The van der Waals surface area contributed by atoms with Crippen LogP contribution in [0.1, 0.15) is 129 Å². The first kappa shape index (κ1) is 37.7. The maximum absolute atomic E-state index is 11.9. The monoisotopic (exact) mass is 540 g/mol. The molecule has 0 N–H and O–H groups in total. The molecule has 0 bridgehead atoms. The van der Waals surface area contributed by atoms with Crippen molar-refractivity contribution >= 4 is 22.1 Å². The Bertz CT molecular complexity index is 653. The van der Waals surface area contributed by atoms with Crippen LogP contribution in [0.2, 0.25) is 0 Å². The molecule has 7 nitrogen and oxygen atoms in total. The zero-order valence-corrected chi connectivity index (χ0v) is 25.8. The van der Waals surface area contributed by atoms with Gasteiger partial charge in [-0.05, 0) is 12.8 Å². The van der Waals surface area contributed by atoms with Gasteiger partial charge in [0.1, 0.15) is 10.1 Å². The Hall–Kier alpha value is -0.410. The molecular weight excluding hydrogens is 491 g/mol. The quantitative estimate of drug-likeness (QED) is 0.0572. The van der Waals surface area contributed by atoms with Crippen LogP contribution in [0.15, 0.2) is 12.7 Å². The molecule has 0 aromatic heterocycles. The Morgan fingerprint density at radius 2 is 1.17 bits per heavy atom. The van der Waals surface area contributed by atoms with E-state index in [9.17, 15) is 22.6 Å². The van der Waals surface area contributed by atoms with Crippen molar-refractivity contribution < 1.29 is 61.6 Å². The van der Waals surface area contributed by atoms with Gasteiger partial charge in [-0.2, -0.15) is 0 Å². The number of carbonyl (C=O) groups is 2. The van der Waals surface area contributed by atoms with Gasteiger partial charge in [-0.25, -0.2) is 8.42 Å². The van der Waals surface area contributed by atoms with Crippen LogP contribution in [0.3, 0.4) is 0 Å². The van der Waals surface area contributed by atoms with E-state index in [1.165, 1.54) is 89.5 Å². The van der Waals surface area contributed by atoms with Crippen LogP contribution in [0.25, 0.3) is 0 Å². The number of hydrogen-bond acceptors (Lipinski definition) is 7. The van der Waals surface area contributed by atoms with Crippen molar-refractivity contribution in [2.24, 2.45) is 0 Å². The SMILES string of the molecule is C=CCCOC(=O)C(CC(=O)OCCCCCCCCCCCCCCCCCCC)S(=O)(=O)[O-].[Na+]. The second kappa shape index (κ2) is 26.2. The van der Waals surface area contributed by atoms with Crippen molar-refractivity contribution in [2.75, 3.05) is 13.2 Å². The van der Waals surface area contributed by atoms with Crippen LogP contribution in [0, 0.1) is 0 Å². The molecule has 0 aromatic carbocycles. The van der Waals surface area contributed by atoms with Gasteiger partial charge in [0.15, 0.2) is 5.25 Å². The Morgan fingerprint density at radius 3 is 1.56 bits per heavy atom. The molecule has 0 fully saturated rings. The van der Waals surface area contributed by atoms with Crippen molar-refractivity contribution in [1.82, 2.24) is 0 Å². The van der Waals surface area contributed by atoms with Gasteiger partial charge in [-0.15, -0.1) is 6.58 Å². The van der Waals surface area contributed by atoms with Crippen molar-refractivity contribution in [1.29, 1.82) is 0 Å². The number of carbonyl (C=O) groups excluding carboxylic acids is 2. The molecule has 9 heteroatoms. The molecule has 206 valence electrons. The number of unbranched alkanes of at least 4 members (excludes halogenated alkanes) is 16. The summed E-state index contributed by atoms with van der Waals surface area (Å²) in [6.07, 6.45) is 22.2. The minimum absolute atomic E-state index is 0. The average Bonchev–Trinajstić information content (AvgIpc) is 2.81. The minimum atomic E-state index is -5.01. The van der Waals surface area contributed by atoms with Crippen molar-refractivity contribution in [3.05, 3.63) is 12.7 Å². The smallest absolute Gasteiger partial charge is 0.747 e. The summed E-state index contributed by atoms with van der Waals surface area (Å²) in [4.78, 5) is 23.7. The van der Waals surface area contributed by atoms with Gasteiger partial charge >= 0.3 is 41.5 Å². The molecule has 0 radical (unpaired) electrons. The standard InChI is InChI=1S/C27H50O7S.Na/c1-3-5-7-8-9-10-11-12-13-14-15-16-17-18-19-20-21-23-33-26(28)24-25(35(30,31)32)27(29)34-22-6-4-2;/h4,25H,2-3,5-24H2,1H3,(H,30,31,32);/q;+1/p-1. The molecule has 0 aromatic rings.